The molecule has 1 N–H and O–H groups in total. The fraction of sp³-hybridized carbons (Fsp3) is 0.200. The van der Waals surface area contributed by atoms with Gasteiger partial charge in [0.15, 0.2) is 0 Å². The van der Waals surface area contributed by atoms with Crippen molar-refractivity contribution in [3.8, 4) is 0 Å². The summed E-state index contributed by atoms with van der Waals surface area (Å²) in [7, 11) is 0. The van der Waals surface area contributed by atoms with Crippen LogP contribution in [0, 0.1) is 0 Å². The number of hydrogen-bond acceptors (Lipinski definition) is 1. The predicted molar refractivity (Wildman–Crippen MR) is 70.4 cm³/mol. The molecule has 0 aliphatic heterocycles. The zero-order valence-corrected chi connectivity index (χ0v) is 9.90. The van der Waals surface area contributed by atoms with Gasteiger partial charge in [-0.25, -0.2) is 0 Å². The molecule has 0 amide bonds. The summed E-state index contributed by atoms with van der Waals surface area (Å²) in [5.41, 5.74) is 3.56. The van der Waals surface area contributed by atoms with Crippen molar-refractivity contribution >= 4 is 5.57 Å². The van der Waals surface area contributed by atoms with Crippen molar-refractivity contribution in [1.82, 2.24) is 0 Å². The molecule has 0 aromatic heterocycles. The molecule has 0 unspecified atom stereocenters. The smallest absolute Gasteiger partial charge is 0.108 e. The zero-order chi connectivity index (χ0) is 12.0. The maximum absolute atomic E-state index is 9.02. The lowest BCUT2D eigenvalue weighted by Crippen LogP contribution is -1.84. The molecule has 0 fully saturated rings. The molecule has 16 heavy (non-hydrogen) atoms. The Morgan fingerprint density at radius 3 is 2.31 bits per heavy atom. The number of hydrogen-bond donors (Lipinski definition) is 1. The quantitative estimate of drug-likeness (QED) is 0.586. The predicted octanol–water partition coefficient (Wildman–Crippen LogP) is 4.28. The van der Waals surface area contributed by atoms with Crippen LogP contribution in [0.15, 0.2) is 54.8 Å². The van der Waals surface area contributed by atoms with Crippen LogP contribution in [0.4, 0.5) is 0 Å². The highest BCUT2D eigenvalue weighted by Crippen LogP contribution is 2.17. The maximum atomic E-state index is 9.02. The van der Waals surface area contributed by atoms with E-state index < -0.39 is 0 Å². The van der Waals surface area contributed by atoms with Gasteiger partial charge in [0.2, 0.25) is 0 Å². The van der Waals surface area contributed by atoms with E-state index in [4.69, 9.17) is 5.11 Å². The number of benzene rings is 1. The number of aryl methyl sites for hydroxylation is 1. The standard InChI is InChI=1S/C15H18O/c1-4-13-7-10-15(11-8-13)14(5-2)9-6-12(3)16/h5-11,16H,3-4H2,1-2H3/b9-6-,14-5+. The minimum Gasteiger partial charge on any atom is -0.509 e. The Balaban J connectivity index is 2.92. The highest BCUT2D eigenvalue weighted by atomic mass is 16.3. The molecule has 84 valence electrons. The molecule has 1 heteroatoms. The van der Waals surface area contributed by atoms with Crippen LogP contribution in [0.5, 0.6) is 0 Å². The lowest BCUT2D eigenvalue weighted by molar-refractivity contribution is 0.435. The van der Waals surface area contributed by atoms with E-state index in [0.29, 0.717) is 0 Å². The van der Waals surface area contributed by atoms with Crippen molar-refractivity contribution in [3.05, 3.63) is 66.0 Å². The summed E-state index contributed by atoms with van der Waals surface area (Å²) < 4.78 is 0. The molecular formula is C15H18O. The first kappa shape index (κ1) is 12.3. The Morgan fingerprint density at radius 1 is 1.25 bits per heavy atom. The zero-order valence-electron chi connectivity index (χ0n) is 9.90. The highest BCUT2D eigenvalue weighted by Gasteiger charge is 1.96. The third-order valence-corrected chi connectivity index (χ3v) is 2.46. The number of rotatable bonds is 4. The van der Waals surface area contributed by atoms with Gasteiger partial charge in [0.05, 0.1) is 0 Å². The lowest BCUT2D eigenvalue weighted by atomic mass is 10.0. The van der Waals surface area contributed by atoms with Crippen LogP contribution in [0.1, 0.15) is 25.0 Å². The topological polar surface area (TPSA) is 20.2 Å². The van der Waals surface area contributed by atoms with E-state index in [1.54, 1.807) is 6.08 Å². The summed E-state index contributed by atoms with van der Waals surface area (Å²) in [5.74, 6) is 0.0736. The molecule has 0 saturated heterocycles. The molecule has 0 atom stereocenters. The van der Waals surface area contributed by atoms with Crippen LogP contribution in [0.3, 0.4) is 0 Å². The van der Waals surface area contributed by atoms with Crippen molar-refractivity contribution < 1.29 is 5.11 Å². The molecule has 1 rings (SSSR count). The average molecular weight is 214 g/mol. The summed E-state index contributed by atoms with van der Waals surface area (Å²) in [6.45, 7) is 7.54. The third kappa shape index (κ3) is 3.43. The first-order valence-electron chi connectivity index (χ1n) is 5.49. The minimum atomic E-state index is 0.0736. The van der Waals surface area contributed by atoms with Gasteiger partial charge in [0, 0.05) is 0 Å². The van der Waals surface area contributed by atoms with E-state index >= 15 is 0 Å². The molecule has 0 saturated carbocycles. The molecule has 0 spiro atoms. The number of allylic oxidation sites excluding steroid dienone is 4. The molecule has 0 aliphatic rings. The second-order valence-electron chi connectivity index (χ2n) is 3.62. The van der Waals surface area contributed by atoms with Gasteiger partial charge in [-0.3, -0.25) is 0 Å². The van der Waals surface area contributed by atoms with Crippen LogP contribution >= 0.6 is 0 Å². The Bertz CT molecular complexity index is 408. The molecule has 0 radical (unpaired) electrons. The van der Waals surface area contributed by atoms with Crippen LogP contribution in [0.25, 0.3) is 5.57 Å². The molecule has 0 bridgehead atoms. The van der Waals surface area contributed by atoms with Gasteiger partial charge in [-0.05, 0) is 36.1 Å². The minimum absolute atomic E-state index is 0.0736. The summed E-state index contributed by atoms with van der Waals surface area (Å²) in [6.07, 6.45) is 6.53. The van der Waals surface area contributed by atoms with Crippen LogP contribution in [0.2, 0.25) is 0 Å². The number of aliphatic hydroxyl groups is 1. The fourth-order valence-electron chi connectivity index (χ4n) is 1.48. The first-order valence-corrected chi connectivity index (χ1v) is 5.49. The largest absolute Gasteiger partial charge is 0.509 e. The fourth-order valence-corrected chi connectivity index (χ4v) is 1.48. The molecule has 0 heterocycles. The number of aliphatic hydroxyl groups excluding tert-OH is 1. The van der Waals surface area contributed by atoms with Crippen molar-refractivity contribution in [2.45, 2.75) is 20.3 Å². The van der Waals surface area contributed by atoms with Crippen molar-refractivity contribution in [2.24, 2.45) is 0 Å². The lowest BCUT2D eigenvalue weighted by Gasteiger charge is -2.03. The Labute approximate surface area is 97.4 Å². The van der Waals surface area contributed by atoms with Gasteiger partial charge >= 0.3 is 0 Å². The molecule has 0 aliphatic carbocycles. The van der Waals surface area contributed by atoms with E-state index in [9.17, 15) is 0 Å². The van der Waals surface area contributed by atoms with E-state index in [1.807, 2.05) is 19.1 Å². The molecule has 1 aromatic carbocycles. The SMILES string of the molecule is C=C(O)/C=C\C(=C/C)c1ccc(CC)cc1. The highest BCUT2D eigenvalue weighted by molar-refractivity contribution is 5.74. The van der Waals surface area contributed by atoms with Crippen molar-refractivity contribution in [3.63, 3.8) is 0 Å². The van der Waals surface area contributed by atoms with E-state index in [2.05, 4.69) is 37.8 Å². The van der Waals surface area contributed by atoms with Crippen LogP contribution < -0.4 is 0 Å². The van der Waals surface area contributed by atoms with Crippen LogP contribution in [-0.2, 0) is 6.42 Å². The van der Waals surface area contributed by atoms with Crippen molar-refractivity contribution in [2.75, 3.05) is 0 Å². The summed E-state index contributed by atoms with van der Waals surface area (Å²) >= 11 is 0. The van der Waals surface area contributed by atoms with Gasteiger partial charge in [0.1, 0.15) is 5.76 Å². The second-order valence-corrected chi connectivity index (χ2v) is 3.62. The van der Waals surface area contributed by atoms with Crippen molar-refractivity contribution in [1.29, 1.82) is 0 Å². The monoisotopic (exact) mass is 214 g/mol. The van der Waals surface area contributed by atoms with E-state index in [1.165, 1.54) is 5.56 Å². The Hall–Kier alpha value is -1.76. The van der Waals surface area contributed by atoms with Gasteiger partial charge < -0.3 is 5.11 Å². The van der Waals surface area contributed by atoms with Gasteiger partial charge in [-0.15, -0.1) is 0 Å². The summed E-state index contributed by atoms with van der Waals surface area (Å²) in [6, 6.07) is 8.44. The Kier molecular flexibility index (Phi) is 4.59. The van der Waals surface area contributed by atoms with Crippen LogP contribution in [-0.4, -0.2) is 5.11 Å². The molecule has 1 aromatic rings. The molecular weight excluding hydrogens is 196 g/mol. The molecule has 1 nitrogen and oxygen atoms in total. The summed E-state index contributed by atoms with van der Waals surface area (Å²) in [4.78, 5) is 0. The van der Waals surface area contributed by atoms with E-state index in [-0.39, 0.29) is 5.76 Å². The average Bonchev–Trinajstić information content (AvgIpc) is 2.30. The van der Waals surface area contributed by atoms with Gasteiger partial charge in [0.25, 0.3) is 0 Å². The van der Waals surface area contributed by atoms with Gasteiger partial charge in [-0.2, -0.15) is 0 Å². The normalized spacial score (nSPS) is 12.0. The first-order chi connectivity index (χ1) is 7.67. The third-order valence-electron chi connectivity index (χ3n) is 2.46. The van der Waals surface area contributed by atoms with Gasteiger partial charge in [-0.1, -0.05) is 49.9 Å². The maximum Gasteiger partial charge on any atom is 0.108 e. The second kappa shape index (κ2) is 5.96. The summed E-state index contributed by atoms with van der Waals surface area (Å²) in [5, 5.41) is 9.02. The Morgan fingerprint density at radius 2 is 1.88 bits per heavy atom. The van der Waals surface area contributed by atoms with E-state index in [0.717, 1.165) is 17.6 Å².